The van der Waals surface area contributed by atoms with Gasteiger partial charge in [0.1, 0.15) is 0 Å². The molecule has 112 valence electrons. The number of carbonyl (C=O) groups is 2. The second kappa shape index (κ2) is 5.22. The standard InChI is InChI=1S/C16H11F2NO3/c17-12-6-5-10(16(21)22)11(15(12)18)8-19-13-4-2-1-3-9(13)7-14(19)20/h1-6H,7-8H2,(H,21,22). The van der Waals surface area contributed by atoms with E-state index in [0.29, 0.717) is 5.69 Å². The van der Waals surface area contributed by atoms with Gasteiger partial charge in [-0.25, -0.2) is 13.6 Å². The maximum atomic E-state index is 14.0. The van der Waals surface area contributed by atoms with Crippen molar-refractivity contribution < 1.29 is 23.5 Å². The highest BCUT2D eigenvalue weighted by atomic mass is 19.2. The molecule has 1 aliphatic heterocycles. The number of hydrogen-bond acceptors (Lipinski definition) is 2. The molecule has 4 nitrogen and oxygen atoms in total. The number of carboxylic acids is 1. The molecule has 2 aromatic carbocycles. The molecule has 1 N–H and O–H groups in total. The fraction of sp³-hybridized carbons (Fsp3) is 0.125. The Labute approximate surface area is 124 Å². The summed E-state index contributed by atoms with van der Waals surface area (Å²) in [6.45, 7) is -0.318. The number of rotatable bonds is 3. The van der Waals surface area contributed by atoms with E-state index in [9.17, 15) is 18.4 Å². The molecule has 0 fully saturated rings. The minimum absolute atomic E-state index is 0.162. The molecule has 0 saturated carbocycles. The second-order valence-corrected chi connectivity index (χ2v) is 4.98. The van der Waals surface area contributed by atoms with Crippen LogP contribution in [0.1, 0.15) is 21.5 Å². The lowest BCUT2D eigenvalue weighted by Gasteiger charge is -2.19. The molecule has 1 amide bonds. The number of nitrogens with zero attached hydrogens (tertiary/aromatic N) is 1. The summed E-state index contributed by atoms with van der Waals surface area (Å²) in [5.41, 5.74) is 0.683. The average Bonchev–Trinajstić information content (AvgIpc) is 2.80. The minimum atomic E-state index is -1.37. The molecule has 1 aliphatic rings. The Morgan fingerprint density at radius 2 is 1.91 bits per heavy atom. The zero-order valence-electron chi connectivity index (χ0n) is 11.3. The fourth-order valence-corrected chi connectivity index (χ4v) is 2.60. The van der Waals surface area contributed by atoms with Gasteiger partial charge in [0.2, 0.25) is 5.91 Å². The average molecular weight is 303 g/mol. The maximum Gasteiger partial charge on any atom is 0.336 e. The summed E-state index contributed by atoms with van der Waals surface area (Å²) in [6, 6.07) is 8.74. The summed E-state index contributed by atoms with van der Waals surface area (Å²) in [7, 11) is 0. The van der Waals surface area contributed by atoms with Crippen molar-refractivity contribution in [3.63, 3.8) is 0 Å². The lowest BCUT2D eigenvalue weighted by atomic mass is 10.1. The number of para-hydroxylation sites is 1. The van der Waals surface area contributed by atoms with Crippen molar-refractivity contribution in [1.29, 1.82) is 0 Å². The predicted molar refractivity (Wildman–Crippen MR) is 74.7 cm³/mol. The number of amides is 1. The Hall–Kier alpha value is -2.76. The van der Waals surface area contributed by atoms with Crippen LogP contribution in [0.2, 0.25) is 0 Å². The lowest BCUT2D eigenvalue weighted by Crippen LogP contribution is -2.28. The molecule has 0 saturated heterocycles. The second-order valence-electron chi connectivity index (χ2n) is 4.98. The quantitative estimate of drug-likeness (QED) is 0.948. The first-order valence-electron chi connectivity index (χ1n) is 6.57. The zero-order valence-corrected chi connectivity index (χ0v) is 11.3. The normalized spacial score (nSPS) is 13.4. The van der Waals surface area contributed by atoms with Crippen LogP contribution in [0, 0.1) is 11.6 Å². The van der Waals surface area contributed by atoms with E-state index in [4.69, 9.17) is 5.11 Å². The minimum Gasteiger partial charge on any atom is -0.478 e. The molecule has 0 radical (unpaired) electrons. The number of halogens is 2. The zero-order chi connectivity index (χ0) is 15.9. The van der Waals surface area contributed by atoms with Crippen LogP contribution in [-0.4, -0.2) is 17.0 Å². The van der Waals surface area contributed by atoms with Crippen LogP contribution in [0.5, 0.6) is 0 Å². The van der Waals surface area contributed by atoms with Crippen LogP contribution in [0.3, 0.4) is 0 Å². The van der Waals surface area contributed by atoms with Crippen molar-refractivity contribution in [1.82, 2.24) is 0 Å². The lowest BCUT2D eigenvalue weighted by molar-refractivity contribution is -0.117. The van der Waals surface area contributed by atoms with E-state index in [2.05, 4.69) is 0 Å². The molecule has 0 bridgehead atoms. The van der Waals surface area contributed by atoms with Gasteiger partial charge in [-0.05, 0) is 23.8 Å². The van der Waals surface area contributed by atoms with Crippen LogP contribution >= 0.6 is 0 Å². The van der Waals surface area contributed by atoms with Crippen LogP contribution in [0.25, 0.3) is 0 Å². The van der Waals surface area contributed by atoms with Crippen molar-refractivity contribution in [3.05, 3.63) is 64.7 Å². The van der Waals surface area contributed by atoms with Gasteiger partial charge in [-0.15, -0.1) is 0 Å². The van der Waals surface area contributed by atoms with Gasteiger partial charge >= 0.3 is 5.97 Å². The molecule has 6 heteroatoms. The van der Waals surface area contributed by atoms with Gasteiger partial charge in [-0.1, -0.05) is 18.2 Å². The molecular formula is C16H11F2NO3. The first-order chi connectivity index (χ1) is 10.5. The predicted octanol–water partition coefficient (Wildman–Crippen LogP) is 2.75. The number of hydrogen-bond donors (Lipinski definition) is 1. The monoisotopic (exact) mass is 303 g/mol. The van der Waals surface area contributed by atoms with E-state index >= 15 is 0 Å². The largest absolute Gasteiger partial charge is 0.478 e. The number of fused-ring (bicyclic) bond motifs is 1. The van der Waals surface area contributed by atoms with Crippen molar-refractivity contribution in [2.45, 2.75) is 13.0 Å². The SMILES string of the molecule is O=C(O)c1ccc(F)c(F)c1CN1C(=O)Cc2ccccc21. The van der Waals surface area contributed by atoms with Crippen LogP contribution in [0.15, 0.2) is 36.4 Å². The summed E-state index contributed by atoms with van der Waals surface area (Å²) < 4.78 is 27.4. The number of aromatic carboxylic acids is 1. The molecule has 0 aromatic heterocycles. The van der Waals surface area contributed by atoms with Crippen LogP contribution in [-0.2, 0) is 17.8 Å². The van der Waals surface area contributed by atoms with E-state index in [1.807, 2.05) is 0 Å². The molecule has 0 unspecified atom stereocenters. The number of carbonyl (C=O) groups excluding carboxylic acids is 1. The molecule has 0 atom stereocenters. The van der Waals surface area contributed by atoms with Gasteiger partial charge in [-0.3, -0.25) is 4.79 Å². The molecule has 0 spiro atoms. The molecule has 2 aromatic rings. The van der Waals surface area contributed by atoms with Gasteiger partial charge in [0.25, 0.3) is 0 Å². The molecule has 1 heterocycles. The molecule has 0 aliphatic carbocycles. The first kappa shape index (κ1) is 14.2. The molecule has 22 heavy (non-hydrogen) atoms. The van der Waals surface area contributed by atoms with E-state index in [-0.39, 0.29) is 30.0 Å². The van der Waals surface area contributed by atoms with E-state index < -0.39 is 17.6 Å². The van der Waals surface area contributed by atoms with Gasteiger partial charge in [0, 0.05) is 11.3 Å². The number of anilines is 1. The number of carboxylic acid groups (broad SMARTS) is 1. The Morgan fingerprint density at radius 1 is 1.18 bits per heavy atom. The highest BCUT2D eigenvalue weighted by molar-refractivity contribution is 6.01. The van der Waals surface area contributed by atoms with E-state index in [1.165, 1.54) is 4.90 Å². The Balaban J connectivity index is 2.06. The third-order valence-corrected chi connectivity index (χ3v) is 3.67. The van der Waals surface area contributed by atoms with Gasteiger partial charge < -0.3 is 10.0 Å². The highest BCUT2D eigenvalue weighted by Gasteiger charge is 2.29. The van der Waals surface area contributed by atoms with Crippen LogP contribution in [0.4, 0.5) is 14.5 Å². The molecular weight excluding hydrogens is 292 g/mol. The van der Waals surface area contributed by atoms with Crippen molar-refractivity contribution in [2.75, 3.05) is 4.90 Å². The first-order valence-corrected chi connectivity index (χ1v) is 6.57. The third-order valence-electron chi connectivity index (χ3n) is 3.67. The smallest absolute Gasteiger partial charge is 0.336 e. The Bertz CT molecular complexity index is 789. The third kappa shape index (κ3) is 2.22. The van der Waals surface area contributed by atoms with E-state index in [0.717, 1.165) is 17.7 Å². The fourth-order valence-electron chi connectivity index (χ4n) is 2.60. The van der Waals surface area contributed by atoms with Crippen molar-refractivity contribution >= 4 is 17.6 Å². The topological polar surface area (TPSA) is 57.6 Å². The van der Waals surface area contributed by atoms with Crippen molar-refractivity contribution in [2.24, 2.45) is 0 Å². The summed E-state index contributed by atoms with van der Waals surface area (Å²) in [4.78, 5) is 24.5. The summed E-state index contributed by atoms with van der Waals surface area (Å²) in [5.74, 6) is -4.02. The van der Waals surface area contributed by atoms with Gasteiger partial charge in [0.15, 0.2) is 11.6 Å². The van der Waals surface area contributed by atoms with Crippen molar-refractivity contribution in [3.8, 4) is 0 Å². The molecule has 3 rings (SSSR count). The van der Waals surface area contributed by atoms with Gasteiger partial charge in [0.05, 0.1) is 18.5 Å². The van der Waals surface area contributed by atoms with Crippen LogP contribution < -0.4 is 4.90 Å². The highest BCUT2D eigenvalue weighted by Crippen LogP contribution is 2.31. The summed E-state index contributed by atoms with van der Waals surface area (Å²) >= 11 is 0. The maximum absolute atomic E-state index is 14.0. The van der Waals surface area contributed by atoms with E-state index in [1.54, 1.807) is 24.3 Å². The Kier molecular flexibility index (Phi) is 3.36. The summed E-state index contributed by atoms with van der Waals surface area (Å²) in [6.07, 6.45) is 0.162. The summed E-state index contributed by atoms with van der Waals surface area (Å²) in [5, 5.41) is 9.12. The Morgan fingerprint density at radius 3 is 2.64 bits per heavy atom. The number of benzene rings is 2. The van der Waals surface area contributed by atoms with Gasteiger partial charge in [-0.2, -0.15) is 0 Å².